The summed E-state index contributed by atoms with van der Waals surface area (Å²) in [5.74, 6) is -0.900. The highest BCUT2D eigenvalue weighted by Crippen LogP contribution is 2.76. The van der Waals surface area contributed by atoms with Gasteiger partial charge in [-0.05, 0) is 130 Å². The quantitative estimate of drug-likeness (QED) is 0.0257. The van der Waals surface area contributed by atoms with E-state index in [1.165, 1.54) is 20.8 Å². The average Bonchev–Trinajstić information content (AvgIpc) is 0.673. The molecule has 13 fully saturated rings. The first-order valence-electron chi connectivity index (χ1n) is 44.4. The van der Waals surface area contributed by atoms with Crippen LogP contribution in [0.1, 0.15) is 133 Å². The summed E-state index contributed by atoms with van der Waals surface area (Å²) >= 11 is 0. The van der Waals surface area contributed by atoms with Crippen LogP contribution in [0.5, 0.6) is 0 Å². The molecule has 0 bridgehead atoms. The van der Waals surface area contributed by atoms with E-state index < -0.39 is 338 Å². The molecule has 9 heterocycles. The molecule has 5 aliphatic carbocycles. The maximum atomic E-state index is 15.4. The van der Waals surface area contributed by atoms with E-state index in [1.54, 1.807) is 0 Å². The lowest BCUT2D eigenvalue weighted by Crippen LogP contribution is -2.68. The van der Waals surface area contributed by atoms with Crippen molar-refractivity contribution in [1.82, 2.24) is 0 Å². The summed E-state index contributed by atoms with van der Waals surface area (Å²) in [6.07, 6.45) is -69.6. The predicted octanol–water partition coefficient (Wildman–Crippen LogP) is -9.19. The van der Waals surface area contributed by atoms with Crippen LogP contribution in [0.4, 0.5) is 0 Å². The topological polar surface area (TPSA) is 689 Å². The van der Waals surface area contributed by atoms with E-state index in [0.717, 1.165) is 18.4 Å². The zero-order valence-corrected chi connectivity index (χ0v) is 72.5. The summed E-state index contributed by atoms with van der Waals surface area (Å²) in [4.78, 5) is 15.4. The fraction of sp³-hybridized carbons (Fsp3) is 0.964. The summed E-state index contributed by atoms with van der Waals surface area (Å²) in [6.45, 7) is 15.1. The van der Waals surface area contributed by atoms with Gasteiger partial charge in [0.05, 0.1) is 69.5 Å². The van der Waals surface area contributed by atoms with Gasteiger partial charge in [0.2, 0.25) is 6.29 Å². The molecular weight excluding hydrogens is 1700 g/mol. The van der Waals surface area contributed by atoms with Gasteiger partial charge in [0.25, 0.3) is 0 Å². The highest BCUT2D eigenvalue weighted by Gasteiger charge is 2.71. The number of carbonyl (C=O) groups is 1. The molecule has 4 saturated carbocycles. The number of aliphatic hydroxyl groups excluding tert-OH is 25. The standard InChI is InChI=1S/C83H136O44/c1-28-42(88)48(94)55(101)68(113-28)111-26-37-46(92)50(96)57(103)71(119-37)123-64-35(23-85)117-72(60(106)53(64)99)124-65-36(24-86)118-73(61(107)54(65)100)125-66-44(90)30(3)115-75(62(66)108)126-67-45(91)33(87)25-110-76(67)121-41-14-15-80(8)39(79(41,6)7)13-16-82(10)40(80)12-11-31-32-21-78(4,5)17-19-83(32,20-18-81(31,82)9)77(109)127-74-58(104)51(97)47(93)38(120-74)27-112-69-59(105)52(98)63(34(22-84)116-69)122-70-56(102)49(95)43(89)29(2)114-70/h11,28-30,32-76,84-108H,12-27H2,1-10H3/t28-,29-,30-,32+,33-,34+,35+,36+,37+,38+,39-,40-,41-,42-,43-,44-,45-,46+,47+,48+,49+,50-,51-,52+,53+,54-,55+,56+,57+,58+,59+,60+,61+,62+,63+,64+,65+,66+,67+,68+,69+,70-,71-,72-,73-,74-,75-,76-,80-,81+,82+,83-/m0/s1. The fourth-order valence-corrected chi connectivity index (χ4v) is 23.3. The Morgan fingerprint density at radius 2 is 0.772 bits per heavy atom. The largest absolute Gasteiger partial charge is 0.432 e. The summed E-state index contributed by atoms with van der Waals surface area (Å²) in [5.41, 5.74) is -1.96. The Morgan fingerprint density at radius 3 is 1.29 bits per heavy atom. The van der Waals surface area contributed by atoms with Crippen molar-refractivity contribution in [2.45, 2.75) is 410 Å². The van der Waals surface area contributed by atoms with Crippen molar-refractivity contribution in [3.8, 4) is 0 Å². The van der Waals surface area contributed by atoms with Gasteiger partial charge in [-0.2, -0.15) is 0 Å². The minimum absolute atomic E-state index is 0.00865. The zero-order valence-electron chi connectivity index (χ0n) is 72.5. The van der Waals surface area contributed by atoms with Crippen LogP contribution in [0.3, 0.4) is 0 Å². The van der Waals surface area contributed by atoms with Crippen LogP contribution in [-0.2, 0) is 90.1 Å². The zero-order chi connectivity index (χ0) is 92.6. The van der Waals surface area contributed by atoms with Gasteiger partial charge in [-0.25, -0.2) is 0 Å². The minimum Gasteiger partial charge on any atom is -0.432 e. The molecule has 0 amide bonds. The Hall–Kier alpha value is -2.47. The lowest BCUT2D eigenvalue weighted by molar-refractivity contribution is -0.395. The van der Waals surface area contributed by atoms with Gasteiger partial charge < -0.3 is 213 Å². The number of fused-ring (bicyclic) bond motifs is 7. The van der Waals surface area contributed by atoms with E-state index in [-0.39, 0.29) is 34.0 Å². The predicted molar refractivity (Wildman–Crippen MR) is 416 cm³/mol. The maximum Gasteiger partial charge on any atom is 0.315 e. The summed E-state index contributed by atoms with van der Waals surface area (Å²) < 4.78 is 107. The SMILES string of the molecule is C[C@@H]1O[C@@H](OC[C@H]2O[C@@H](O[C@H]3[C@H](O)[C@@H](O)[C@H](O[C@H]4[C@@H](O)[C@@H](O)[C@H](O[C@@H]5[C@@H](O)[C@H](C)O[C@@H](O[C@H]6[C@H](O[C@H]7CC[C@@]8(C)[C@@H](CC[C@]9(C)[C@H]8CC=C8[C@H]%10CC(C)(C)CC[C@]%10(C(=O)O[C@@H]%10O[C@H](CO[C@@H]%11O[C@H](CO)[C@@H](O[C@@H]%12O[C@@H](C)[C@H](O)[C@@H](O)[C@H]%12O)[C@H](O)[C@H]%11O)[C@@H](O)[C@H](O)[C@H]%10O)CC[C@]89C)C7(C)C)OC[C@H](O)[C@@H]6O)[C@@H]5O)O[C@@H]4CO)O[C@@H]3CO)[C@H](O)[C@@H](O)[C@@H]2O)[C@H](O)[C@H](O)[C@H]1O. The van der Waals surface area contributed by atoms with Gasteiger partial charge in [0.15, 0.2) is 50.3 Å². The van der Waals surface area contributed by atoms with Crippen molar-refractivity contribution in [3.63, 3.8) is 0 Å². The third-order valence-electron chi connectivity index (χ3n) is 31.4. The van der Waals surface area contributed by atoms with Crippen molar-refractivity contribution in [1.29, 1.82) is 0 Å². The van der Waals surface area contributed by atoms with Crippen molar-refractivity contribution in [2.24, 2.45) is 50.2 Å². The number of aliphatic hydroxyl groups is 25. The van der Waals surface area contributed by atoms with Crippen LogP contribution in [-0.4, -0.2) is 450 Å². The molecule has 14 aliphatic rings. The molecule has 0 unspecified atom stereocenters. The number of ether oxygens (including phenoxy) is 18. The molecule has 44 nitrogen and oxygen atoms in total. The second-order valence-electron chi connectivity index (χ2n) is 39.9. The first kappa shape index (κ1) is 100. The molecule has 0 aromatic carbocycles. The molecule has 732 valence electrons. The molecule has 127 heavy (non-hydrogen) atoms. The summed E-state index contributed by atoms with van der Waals surface area (Å²) in [7, 11) is 0. The van der Waals surface area contributed by atoms with E-state index in [4.69, 9.17) is 85.3 Å². The smallest absolute Gasteiger partial charge is 0.315 e. The highest BCUT2D eigenvalue weighted by atomic mass is 16.8. The van der Waals surface area contributed by atoms with Gasteiger partial charge in [-0.1, -0.05) is 60.1 Å². The highest BCUT2D eigenvalue weighted by molar-refractivity contribution is 5.79. The molecule has 0 aromatic rings. The van der Waals surface area contributed by atoms with Gasteiger partial charge in [-0.15, -0.1) is 0 Å². The molecule has 52 atom stereocenters. The Morgan fingerprint density at radius 1 is 0.370 bits per heavy atom. The molecular formula is C83H136O44. The Balaban J connectivity index is 0.599. The number of esters is 1. The maximum absolute atomic E-state index is 15.4. The number of rotatable bonds is 23. The summed E-state index contributed by atoms with van der Waals surface area (Å²) in [5, 5.41) is 276. The Kier molecular flexibility index (Phi) is 30.7. The lowest BCUT2D eigenvalue weighted by atomic mass is 9.33. The first-order valence-corrected chi connectivity index (χ1v) is 44.4. The second kappa shape index (κ2) is 38.8. The molecule has 44 heteroatoms. The van der Waals surface area contributed by atoms with Crippen molar-refractivity contribution >= 4 is 5.97 Å². The van der Waals surface area contributed by atoms with E-state index in [2.05, 4.69) is 54.5 Å². The van der Waals surface area contributed by atoms with Gasteiger partial charge in [0, 0.05) is 0 Å². The van der Waals surface area contributed by atoms with Crippen molar-refractivity contribution in [2.75, 3.05) is 39.6 Å². The molecule has 25 N–H and O–H groups in total. The molecule has 0 radical (unpaired) electrons. The van der Waals surface area contributed by atoms with Gasteiger partial charge >= 0.3 is 5.97 Å². The van der Waals surface area contributed by atoms with Crippen LogP contribution < -0.4 is 0 Å². The van der Waals surface area contributed by atoms with Crippen LogP contribution in [0.2, 0.25) is 0 Å². The molecule has 14 rings (SSSR count). The van der Waals surface area contributed by atoms with Crippen molar-refractivity contribution < 1.29 is 218 Å². The van der Waals surface area contributed by atoms with E-state index in [1.807, 2.05) is 0 Å². The van der Waals surface area contributed by atoms with Crippen LogP contribution >= 0.6 is 0 Å². The number of carbonyl (C=O) groups excluding carboxylic acids is 1. The van der Waals surface area contributed by atoms with Crippen LogP contribution in [0.25, 0.3) is 0 Å². The first-order chi connectivity index (χ1) is 59.6. The Bertz CT molecular complexity index is 3670. The minimum atomic E-state index is -2.19. The number of hydrogen-bond donors (Lipinski definition) is 25. The van der Waals surface area contributed by atoms with E-state index in [0.29, 0.717) is 51.4 Å². The number of hydrogen-bond acceptors (Lipinski definition) is 44. The summed E-state index contributed by atoms with van der Waals surface area (Å²) in [6, 6.07) is 0. The number of allylic oxidation sites excluding steroid dienone is 2. The van der Waals surface area contributed by atoms with Gasteiger partial charge in [0.1, 0.15) is 195 Å². The van der Waals surface area contributed by atoms with Crippen LogP contribution in [0, 0.1) is 50.2 Å². The monoisotopic (exact) mass is 1840 g/mol. The Labute approximate surface area is 732 Å². The normalized spacial score (nSPS) is 54.8. The van der Waals surface area contributed by atoms with E-state index >= 15 is 4.79 Å². The van der Waals surface area contributed by atoms with E-state index in [9.17, 15) is 128 Å². The fourth-order valence-electron chi connectivity index (χ4n) is 23.3. The van der Waals surface area contributed by atoms with Crippen molar-refractivity contribution in [3.05, 3.63) is 11.6 Å². The molecule has 9 saturated heterocycles. The average molecular weight is 1840 g/mol. The third kappa shape index (κ3) is 18.3. The third-order valence-corrected chi connectivity index (χ3v) is 31.4. The molecule has 9 aliphatic heterocycles. The molecule has 0 spiro atoms. The second-order valence-corrected chi connectivity index (χ2v) is 39.9. The van der Waals surface area contributed by atoms with Crippen LogP contribution in [0.15, 0.2) is 11.6 Å². The van der Waals surface area contributed by atoms with Gasteiger partial charge in [-0.3, -0.25) is 4.79 Å². The molecule has 0 aromatic heterocycles. The lowest BCUT2D eigenvalue weighted by Gasteiger charge is -2.71.